The Morgan fingerprint density at radius 2 is 1.30 bits per heavy atom. The lowest BCUT2D eigenvalue weighted by Gasteiger charge is -2.32. The molecule has 0 saturated carbocycles. The molecule has 3 aromatic rings. The highest BCUT2D eigenvalue weighted by atomic mass is 16.6. The van der Waals surface area contributed by atoms with Crippen LogP contribution in [0.15, 0.2) is 85.5 Å². The van der Waals surface area contributed by atoms with E-state index in [1.807, 2.05) is 0 Å². The molecule has 0 aliphatic heterocycles. The molecule has 0 N–H and O–H groups in total. The van der Waals surface area contributed by atoms with Crippen molar-refractivity contribution in [1.29, 1.82) is 0 Å². The molecule has 304 valence electrons. The molecule has 1 atom stereocenters. The number of methoxy groups -OCH3 is 2. The second-order valence-electron chi connectivity index (χ2n) is 13.3. The number of rotatable bonds is 28. The predicted molar refractivity (Wildman–Crippen MR) is 216 cm³/mol. The Morgan fingerprint density at radius 3 is 1.93 bits per heavy atom. The highest BCUT2D eigenvalue weighted by molar-refractivity contribution is 5.92. The molecule has 0 aliphatic carbocycles. The molecule has 1 unspecified atom stereocenters. The van der Waals surface area contributed by atoms with E-state index >= 15 is 0 Å². The SMILES string of the molecule is C=CCOCC(CC)(COCCC)COc1ccc(C(=O)OCCCCCCCCOc2ccc(C(=O)Oc3ccc(/C=C/C(=O)OC)cc3OC)cc2)cc1. The van der Waals surface area contributed by atoms with Crippen LogP contribution in [0.25, 0.3) is 6.08 Å². The van der Waals surface area contributed by atoms with E-state index in [1.54, 1.807) is 78.9 Å². The lowest BCUT2D eigenvalue weighted by molar-refractivity contribution is -0.134. The fraction of sp³-hybridized carbons (Fsp3) is 0.444. The molecular formula is C45H58O11. The molecule has 0 saturated heterocycles. The van der Waals surface area contributed by atoms with Gasteiger partial charge in [-0.05, 0) is 98.0 Å². The number of carbonyl (C=O) groups is 3. The van der Waals surface area contributed by atoms with Crippen molar-refractivity contribution >= 4 is 24.0 Å². The summed E-state index contributed by atoms with van der Waals surface area (Å²) in [5.74, 6) is 0.595. The number of carbonyl (C=O) groups excluding carboxylic acids is 3. The zero-order valence-corrected chi connectivity index (χ0v) is 33.4. The van der Waals surface area contributed by atoms with Gasteiger partial charge in [-0.15, -0.1) is 6.58 Å². The number of hydrogen-bond donors (Lipinski definition) is 0. The van der Waals surface area contributed by atoms with Crippen LogP contribution in [0, 0.1) is 5.41 Å². The molecule has 0 aromatic heterocycles. The maximum atomic E-state index is 12.8. The number of hydrogen-bond acceptors (Lipinski definition) is 11. The monoisotopic (exact) mass is 774 g/mol. The zero-order valence-electron chi connectivity index (χ0n) is 33.4. The fourth-order valence-corrected chi connectivity index (χ4v) is 5.45. The molecule has 0 fully saturated rings. The summed E-state index contributed by atoms with van der Waals surface area (Å²) in [4.78, 5) is 36.7. The molecule has 0 spiro atoms. The predicted octanol–water partition coefficient (Wildman–Crippen LogP) is 9.08. The quantitative estimate of drug-likeness (QED) is 0.0231. The van der Waals surface area contributed by atoms with Gasteiger partial charge in [0.25, 0.3) is 0 Å². The minimum atomic E-state index is -0.535. The Hall–Kier alpha value is -5.13. The summed E-state index contributed by atoms with van der Waals surface area (Å²) in [5.41, 5.74) is 1.26. The molecule has 56 heavy (non-hydrogen) atoms. The van der Waals surface area contributed by atoms with Crippen LogP contribution in [0.5, 0.6) is 23.0 Å². The second kappa shape index (κ2) is 25.9. The standard InChI is InChI=1S/C45H58O11/c1-6-27-51-32-45(8-3,33-52-28-7-2)34-55-39-23-17-36(18-24-39)43(47)54-30-14-12-10-9-11-13-29-53-38-21-19-37(20-22-38)44(48)56-40-25-15-35(31-41(40)49-4)16-26-42(46)50-5/h6,15-26,31H,1,7-14,27-30,32-34H2,2-5H3/b26-16+. The van der Waals surface area contributed by atoms with E-state index in [0.717, 1.165) is 51.4 Å². The minimum Gasteiger partial charge on any atom is -0.494 e. The Balaban J connectivity index is 1.28. The fourth-order valence-electron chi connectivity index (χ4n) is 5.45. The average Bonchev–Trinajstić information content (AvgIpc) is 3.23. The van der Waals surface area contributed by atoms with Crippen molar-refractivity contribution in [3.63, 3.8) is 0 Å². The van der Waals surface area contributed by atoms with Crippen molar-refractivity contribution in [2.75, 3.05) is 60.5 Å². The van der Waals surface area contributed by atoms with Crippen molar-refractivity contribution in [3.8, 4) is 23.0 Å². The average molecular weight is 775 g/mol. The molecular weight excluding hydrogens is 716 g/mol. The van der Waals surface area contributed by atoms with Gasteiger partial charge in [0, 0.05) is 12.7 Å². The van der Waals surface area contributed by atoms with Crippen LogP contribution in [-0.2, 0) is 23.7 Å². The molecule has 0 radical (unpaired) electrons. The van der Waals surface area contributed by atoms with E-state index in [-0.39, 0.29) is 17.1 Å². The highest BCUT2D eigenvalue weighted by Crippen LogP contribution is 2.30. The van der Waals surface area contributed by atoms with Crippen LogP contribution in [0.2, 0.25) is 0 Å². The van der Waals surface area contributed by atoms with Crippen LogP contribution in [0.1, 0.15) is 91.5 Å². The summed E-state index contributed by atoms with van der Waals surface area (Å²) in [5, 5.41) is 0. The van der Waals surface area contributed by atoms with Gasteiger partial charge in [-0.1, -0.05) is 51.7 Å². The Bertz CT molecular complexity index is 1650. The topological polar surface area (TPSA) is 125 Å². The van der Waals surface area contributed by atoms with Crippen LogP contribution in [0.4, 0.5) is 0 Å². The van der Waals surface area contributed by atoms with Crippen molar-refractivity contribution in [3.05, 3.63) is 102 Å². The lowest BCUT2D eigenvalue weighted by atomic mass is 9.88. The van der Waals surface area contributed by atoms with Gasteiger partial charge in [-0.2, -0.15) is 0 Å². The zero-order chi connectivity index (χ0) is 40.4. The first kappa shape index (κ1) is 45.3. The summed E-state index contributed by atoms with van der Waals surface area (Å²) in [6.45, 7) is 11.5. The maximum absolute atomic E-state index is 12.8. The molecule has 0 heterocycles. The Labute approximate surface area is 331 Å². The molecule has 0 aliphatic rings. The number of unbranched alkanes of at least 4 members (excludes halogenated alkanes) is 5. The summed E-state index contributed by atoms with van der Waals surface area (Å²) < 4.78 is 44.6. The van der Waals surface area contributed by atoms with Crippen molar-refractivity contribution in [2.45, 2.75) is 65.2 Å². The number of benzene rings is 3. The summed E-state index contributed by atoms with van der Waals surface area (Å²) in [6.07, 6.45) is 12.2. The lowest BCUT2D eigenvalue weighted by Crippen LogP contribution is -2.38. The smallest absolute Gasteiger partial charge is 0.343 e. The van der Waals surface area contributed by atoms with Gasteiger partial charge in [0.15, 0.2) is 11.5 Å². The summed E-state index contributed by atoms with van der Waals surface area (Å²) in [6, 6.07) is 18.8. The van der Waals surface area contributed by atoms with Gasteiger partial charge >= 0.3 is 17.9 Å². The molecule has 0 amide bonds. The minimum absolute atomic E-state index is 0.257. The van der Waals surface area contributed by atoms with Crippen molar-refractivity contribution in [2.24, 2.45) is 5.41 Å². The molecule has 0 bridgehead atoms. The van der Waals surface area contributed by atoms with E-state index in [1.165, 1.54) is 20.3 Å². The highest BCUT2D eigenvalue weighted by Gasteiger charge is 2.30. The van der Waals surface area contributed by atoms with E-state index < -0.39 is 11.9 Å². The summed E-state index contributed by atoms with van der Waals surface area (Å²) in [7, 11) is 2.77. The van der Waals surface area contributed by atoms with E-state index in [0.29, 0.717) is 80.2 Å². The summed E-state index contributed by atoms with van der Waals surface area (Å²) >= 11 is 0. The third-order valence-corrected chi connectivity index (χ3v) is 8.92. The van der Waals surface area contributed by atoms with Crippen molar-refractivity contribution in [1.82, 2.24) is 0 Å². The van der Waals surface area contributed by atoms with E-state index in [9.17, 15) is 14.4 Å². The Morgan fingerprint density at radius 1 is 0.679 bits per heavy atom. The van der Waals surface area contributed by atoms with Gasteiger partial charge in [-0.25, -0.2) is 14.4 Å². The van der Waals surface area contributed by atoms with Crippen LogP contribution in [0.3, 0.4) is 0 Å². The first-order chi connectivity index (χ1) is 27.3. The maximum Gasteiger partial charge on any atom is 0.343 e. The van der Waals surface area contributed by atoms with Gasteiger partial charge < -0.3 is 37.9 Å². The van der Waals surface area contributed by atoms with Crippen molar-refractivity contribution < 1.29 is 52.3 Å². The first-order valence-electron chi connectivity index (χ1n) is 19.3. The van der Waals surface area contributed by atoms with Gasteiger partial charge in [0.2, 0.25) is 0 Å². The third-order valence-electron chi connectivity index (χ3n) is 8.92. The van der Waals surface area contributed by atoms with Crippen LogP contribution >= 0.6 is 0 Å². The Kier molecular flexibility index (Phi) is 20.9. The molecule has 11 heteroatoms. The molecule has 3 aromatic carbocycles. The van der Waals surface area contributed by atoms with Gasteiger partial charge in [0.1, 0.15) is 11.5 Å². The normalized spacial score (nSPS) is 12.1. The largest absolute Gasteiger partial charge is 0.494 e. The number of ether oxygens (including phenoxy) is 8. The first-order valence-corrected chi connectivity index (χ1v) is 19.3. The van der Waals surface area contributed by atoms with Crippen LogP contribution in [-0.4, -0.2) is 78.4 Å². The van der Waals surface area contributed by atoms with Gasteiger partial charge in [-0.3, -0.25) is 0 Å². The number of esters is 3. The van der Waals surface area contributed by atoms with Crippen LogP contribution < -0.4 is 18.9 Å². The van der Waals surface area contributed by atoms with E-state index in [4.69, 9.17) is 33.2 Å². The van der Waals surface area contributed by atoms with E-state index in [2.05, 4.69) is 25.2 Å². The second-order valence-corrected chi connectivity index (χ2v) is 13.3. The molecule has 3 rings (SSSR count). The third kappa shape index (κ3) is 16.3. The van der Waals surface area contributed by atoms with Gasteiger partial charge in [0.05, 0.1) is 70.4 Å². The molecule has 11 nitrogen and oxygen atoms in total.